The van der Waals surface area contributed by atoms with E-state index >= 15 is 0 Å². The standard InChI is InChI=1S/C12H13ClN4O/c1-7(2)17-10(9(13)6-16-17)11(18)12-14-4-8(3)5-15-12/h4-7H,1-3H3. The lowest BCUT2D eigenvalue weighted by molar-refractivity contribution is 0.101. The van der Waals surface area contributed by atoms with Crippen molar-refractivity contribution in [3.8, 4) is 0 Å². The minimum Gasteiger partial charge on any atom is -0.283 e. The topological polar surface area (TPSA) is 60.7 Å². The van der Waals surface area contributed by atoms with Crippen LogP contribution in [0.25, 0.3) is 0 Å². The molecule has 0 aliphatic heterocycles. The number of rotatable bonds is 3. The van der Waals surface area contributed by atoms with Crippen LogP contribution in [0.4, 0.5) is 0 Å². The van der Waals surface area contributed by atoms with Crippen LogP contribution in [0.3, 0.4) is 0 Å². The maximum Gasteiger partial charge on any atom is 0.249 e. The third-order valence-electron chi connectivity index (χ3n) is 2.44. The zero-order valence-electron chi connectivity index (χ0n) is 10.4. The lowest BCUT2D eigenvalue weighted by Gasteiger charge is -2.09. The Morgan fingerprint density at radius 3 is 2.44 bits per heavy atom. The fraction of sp³-hybridized carbons (Fsp3) is 0.333. The molecule has 0 aromatic carbocycles. The molecule has 0 saturated carbocycles. The Hall–Kier alpha value is -1.75. The van der Waals surface area contributed by atoms with Gasteiger partial charge in [-0.05, 0) is 26.3 Å². The van der Waals surface area contributed by atoms with Gasteiger partial charge in [0.25, 0.3) is 0 Å². The van der Waals surface area contributed by atoms with E-state index in [2.05, 4.69) is 15.1 Å². The number of hydrogen-bond donors (Lipinski definition) is 0. The number of carbonyl (C=O) groups is 1. The first kappa shape index (κ1) is 12.7. The van der Waals surface area contributed by atoms with E-state index in [-0.39, 0.29) is 17.6 Å². The molecule has 0 aliphatic rings. The van der Waals surface area contributed by atoms with Crippen LogP contribution in [-0.4, -0.2) is 25.5 Å². The number of halogens is 1. The van der Waals surface area contributed by atoms with Gasteiger partial charge in [-0.3, -0.25) is 9.48 Å². The summed E-state index contributed by atoms with van der Waals surface area (Å²) in [4.78, 5) is 20.3. The summed E-state index contributed by atoms with van der Waals surface area (Å²) in [5.74, 6) is -0.184. The highest BCUT2D eigenvalue weighted by Gasteiger charge is 2.22. The maximum absolute atomic E-state index is 12.3. The van der Waals surface area contributed by atoms with Crippen molar-refractivity contribution in [3.05, 3.63) is 40.7 Å². The number of aromatic nitrogens is 4. The molecule has 0 spiro atoms. The highest BCUT2D eigenvalue weighted by atomic mass is 35.5. The van der Waals surface area contributed by atoms with Crippen LogP contribution in [0.1, 0.15) is 41.8 Å². The van der Waals surface area contributed by atoms with Crippen molar-refractivity contribution in [2.24, 2.45) is 0 Å². The lowest BCUT2D eigenvalue weighted by atomic mass is 10.2. The van der Waals surface area contributed by atoms with Crippen LogP contribution in [0.2, 0.25) is 5.02 Å². The number of aryl methyl sites for hydroxylation is 1. The van der Waals surface area contributed by atoms with Gasteiger partial charge in [0, 0.05) is 18.4 Å². The summed E-state index contributed by atoms with van der Waals surface area (Å²) in [5.41, 5.74) is 1.23. The van der Waals surface area contributed by atoms with E-state index in [1.54, 1.807) is 17.1 Å². The number of hydrogen-bond acceptors (Lipinski definition) is 4. The van der Waals surface area contributed by atoms with Crippen molar-refractivity contribution < 1.29 is 4.79 Å². The monoisotopic (exact) mass is 264 g/mol. The first-order valence-corrected chi connectivity index (χ1v) is 5.95. The van der Waals surface area contributed by atoms with E-state index in [1.807, 2.05) is 20.8 Å². The number of nitrogens with zero attached hydrogens (tertiary/aromatic N) is 4. The fourth-order valence-electron chi connectivity index (χ4n) is 1.56. The van der Waals surface area contributed by atoms with E-state index in [0.29, 0.717) is 10.7 Å². The van der Waals surface area contributed by atoms with E-state index < -0.39 is 0 Å². The van der Waals surface area contributed by atoms with Gasteiger partial charge < -0.3 is 0 Å². The van der Waals surface area contributed by atoms with Crippen molar-refractivity contribution in [1.29, 1.82) is 0 Å². The molecule has 6 heteroatoms. The average molecular weight is 265 g/mol. The van der Waals surface area contributed by atoms with Crippen LogP contribution in [0.5, 0.6) is 0 Å². The Morgan fingerprint density at radius 1 is 1.28 bits per heavy atom. The van der Waals surface area contributed by atoms with Crippen molar-refractivity contribution in [3.63, 3.8) is 0 Å². The molecule has 2 rings (SSSR count). The largest absolute Gasteiger partial charge is 0.283 e. The normalized spacial score (nSPS) is 10.9. The summed E-state index contributed by atoms with van der Waals surface area (Å²) >= 11 is 6.01. The third kappa shape index (κ3) is 2.26. The van der Waals surface area contributed by atoms with Gasteiger partial charge in [-0.25, -0.2) is 9.97 Å². The summed E-state index contributed by atoms with van der Waals surface area (Å²) in [6.07, 6.45) is 4.66. The van der Waals surface area contributed by atoms with Crippen LogP contribution < -0.4 is 0 Å². The van der Waals surface area contributed by atoms with Gasteiger partial charge in [0.05, 0.1) is 11.2 Å². The number of ketones is 1. The molecule has 0 aliphatic carbocycles. The molecular formula is C12H13ClN4O. The van der Waals surface area contributed by atoms with Gasteiger partial charge >= 0.3 is 0 Å². The van der Waals surface area contributed by atoms with Gasteiger partial charge in [0.1, 0.15) is 5.69 Å². The molecule has 5 nitrogen and oxygen atoms in total. The second-order valence-electron chi connectivity index (χ2n) is 4.29. The first-order valence-electron chi connectivity index (χ1n) is 5.57. The van der Waals surface area contributed by atoms with Crippen LogP contribution in [0.15, 0.2) is 18.6 Å². The molecule has 18 heavy (non-hydrogen) atoms. The molecule has 0 saturated heterocycles. The van der Waals surface area contributed by atoms with E-state index in [0.717, 1.165) is 5.56 Å². The van der Waals surface area contributed by atoms with Crippen molar-refractivity contribution in [2.75, 3.05) is 0 Å². The van der Waals surface area contributed by atoms with Gasteiger partial charge in [-0.15, -0.1) is 0 Å². The number of carbonyl (C=O) groups excluding carboxylic acids is 1. The van der Waals surface area contributed by atoms with Crippen molar-refractivity contribution >= 4 is 17.4 Å². The Labute approximate surface area is 110 Å². The average Bonchev–Trinajstić information content (AvgIpc) is 2.71. The van der Waals surface area contributed by atoms with Gasteiger partial charge in [0.15, 0.2) is 0 Å². The van der Waals surface area contributed by atoms with E-state index in [1.165, 1.54) is 6.20 Å². The molecule has 0 unspecified atom stereocenters. The van der Waals surface area contributed by atoms with E-state index in [4.69, 9.17) is 11.6 Å². The van der Waals surface area contributed by atoms with Gasteiger partial charge in [-0.2, -0.15) is 5.10 Å². The predicted molar refractivity (Wildman–Crippen MR) is 67.8 cm³/mol. The molecule has 2 aromatic heterocycles. The molecule has 0 N–H and O–H groups in total. The molecule has 0 atom stereocenters. The zero-order chi connectivity index (χ0) is 13.3. The van der Waals surface area contributed by atoms with Gasteiger partial charge in [-0.1, -0.05) is 11.6 Å². The zero-order valence-corrected chi connectivity index (χ0v) is 11.1. The summed E-state index contributed by atoms with van der Waals surface area (Å²) in [7, 11) is 0. The molecule has 0 bridgehead atoms. The summed E-state index contributed by atoms with van der Waals surface area (Å²) in [6.45, 7) is 5.71. The quantitative estimate of drug-likeness (QED) is 0.799. The van der Waals surface area contributed by atoms with Crippen LogP contribution in [0, 0.1) is 6.92 Å². The Morgan fingerprint density at radius 2 is 1.89 bits per heavy atom. The van der Waals surface area contributed by atoms with Crippen molar-refractivity contribution in [1.82, 2.24) is 19.7 Å². The highest BCUT2D eigenvalue weighted by molar-refractivity contribution is 6.34. The molecular weight excluding hydrogens is 252 g/mol. The second kappa shape index (κ2) is 4.86. The molecule has 0 fully saturated rings. The molecule has 0 radical (unpaired) electrons. The summed E-state index contributed by atoms with van der Waals surface area (Å²) < 4.78 is 1.58. The third-order valence-corrected chi connectivity index (χ3v) is 2.72. The van der Waals surface area contributed by atoms with E-state index in [9.17, 15) is 4.79 Å². The highest BCUT2D eigenvalue weighted by Crippen LogP contribution is 2.20. The molecule has 2 aromatic rings. The summed E-state index contributed by atoms with van der Waals surface area (Å²) in [6, 6.07) is 0.0434. The minimum atomic E-state index is -0.314. The Balaban J connectivity index is 2.45. The molecule has 0 amide bonds. The molecule has 94 valence electrons. The van der Waals surface area contributed by atoms with Crippen LogP contribution in [-0.2, 0) is 0 Å². The van der Waals surface area contributed by atoms with Crippen LogP contribution >= 0.6 is 11.6 Å². The SMILES string of the molecule is Cc1cnc(C(=O)c2c(Cl)cnn2C(C)C)nc1. The fourth-order valence-corrected chi connectivity index (χ4v) is 1.78. The Kier molecular flexibility index (Phi) is 3.43. The van der Waals surface area contributed by atoms with Crippen molar-refractivity contribution in [2.45, 2.75) is 26.8 Å². The summed E-state index contributed by atoms with van der Waals surface area (Å²) in [5, 5.41) is 4.41. The second-order valence-corrected chi connectivity index (χ2v) is 4.70. The van der Waals surface area contributed by atoms with Gasteiger partial charge in [0.2, 0.25) is 11.6 Å². The smallest absolute Gasteiger partial charge is 0.249 e. The Bertz CT molecular complexity index is 574. The molecule has 2 heterocycles. The lowest BCUT2D eigenvalue weighted by Crippen LogP contribution is -2.16. The maximum atomic E-state index is 12.3. The predicted octanol–water partition coefficient (Wildman–Crippen LogP) is 2.45. The minimum absolute atomic E-state index is 0.0434. The first-order chi connectivity index (χ1) is 8.50.